The molecule has 1 saturated carbocycles. The highest BCUT2D eigenvalue weighted by atomic mass is 16.5. The normalized spacial score (nSPS) is 42.7. The van der Waals surface area contributed by atoms with Crippen LogP contribution < -0.4 is 0 Å². The summed E-state index contributed by atoms with van der Waals surface area (Å²) in [5, 5.41) is 41.5. The highest BCUT2D eigenvalue weighted by Crippen LogP contribution is 2.55. The third kappa shape index (κ3) is 5.68. The summed E-state index contributed by atoms with van der Waals surface area (Å²) >= 11 is 0. The summed E-state index contributed by atoms with van der Waals surface area (Å²) in [6.45, 7) is 7.28. The third-order valence-electron chi connectivity index (χ3n) is 8.60. The first-order valence-electron chi connectivity index (χ1n) is 13.2. The van der Waals surface area contributed by atoms with Crippen molar-refractivity contribution < 1.29 is 34.8 Å². The Morgan fingerprint density at radius 2 is 1.81 bits per heavy atom. The molecule has 0 bridgehead atoms. The number of rotatable bonds is 2. The fourth-order valence-corrected chi connectivity index (χ4v) is 6.23. The van der Waals surface area contributed by atoms with Gasteiger partial charge in [-0.05, 0) is 63.4 Å². The maximum atomic E-state index is 13.8. The van der Waals surface area contributed by atoms with Gasteiger partial charge in [-0.15, -0.1) is 0 Å². The molecule has 1 fully saturated rings. The van der Waals surface area contributed by atoms with Crippen LogP contribution in [-0.2, 0) is 14.3 Å². The Balaban J connectivity index is 2.04. The molecule has 0 aromatic rings. The number of cyclic esters (lactones) is 1. The molecule has 0 aromatic carbocycles. The van der Waals surface area contributed by atoms with Gasteiger partial charge in [0.15, 0.2) is 0 Å². The zero-order valence-electron chi connectivity index (χ0n) is 21.8. The Labute approximate surface area is 214 Å². The minimum absolute atomic E-state index is 0.0330. The number of carboxylic acid groups (broad SMARTS) is 1. The smallest absolute Gasteiger partial charge is 0.333 e. The van der Waals surface area contributed by atoms with Gasteiger partial charge in [0.05, 0.1) is 35.9 Å². The number of aliphatic carboxylic acids is 1. The summed E-state index contributed by atoms with van der Waals surface area (Å²) in [4.78, 5) is 25.5. The van der Waals surface area contributed by atoms with Gasteiger partial charge in [-0.2, -0.15) is 0 Å². The minimum Gasteiger partial charge on any atom is -0.478 e. The lowest BCUT2D eigenvalue weighted by atomic mass is 9.52. The number of carboxylic acids is 1. The van der Waals surface area contributed by atoms with Crippen LogP contribution in [-0.4, -0.2) is 57.3 Å². The molecule has 0 unspecified atom stereocenters. The fourth-order valence-electron chi connectivity index (χ4n) is 6.23. The number of aliphatic hydroxyl groups is 3. The summed E-state index contributed by atoms with van der Waals surface area (Å²) < 4.78 is 5.97. The van der Waals surface area contributed by atoms with Gasteiger partial charge in [0.2, 0.25) is 0 Å². The van der Waals surface area contributed by atoms with E-state index >= 15 is 0 Å². The van der Waals surface area contributed by atoms with Gasteiger partial charge in [-0.3, -0.25) is 4.79 Å². The van der Waals surface area contributed by atoms with Crippen molar-refractivity contribution in [3.8, 4) is 0 Å². The van der Waals surface area contributed by atoms with Crippen LogP contribution in [0.15, 0.2) is 47.6 Å². The van der Waals surface area contributed by atoms with Crippen molar-refractivity contribution in [2.45, 2.75) is 78.1 Å². The summed E-state index contributed by atoms with van der Waals surface area (Å²) in [6.07, 6.45) is 11.7. The molecule has 200 valence electrons. The number of allylic oxidation sites excluding steroid dienone is 4. The van der Waals surface area contributed by atoms with E-state index in [-0.39, 0.29) is 42.0 Å². The van der Waals surface area contributed by atoms with E-state index in [2.05, 4.69) is 0 Å². The largest absolute Gasteiger partial charge is 0.478 e. The van der Waals surface area contributed by atoms with Crippen LogP contribution in [0.3, 0.4) is 0 Å². The van der Waals surface area contributed by atoms with Crippen LogP contribution >= 0.6 is 0 Å². The molecular formula is C29H42O7. The molecule has 0 spiro atoms. The van der Waals surface area contributed by atoms with Gasteiger partial charge in [0, 0.05) is 17.8 Å². The van der Waals surface area contributed by atoms with Crippen molar-refractivity contribution in [2.24, 2.45) is 35.0 Å². The number of hydrogen-bond acceptors (Lipinski definition) is 6. The Hall–Kier alpha value is -2.22. The molecule has 1 aliphatic heterocycles. The molecule has 0 aromatic heterocycles. The van der Waals surface area contributed by atoms with E-state index in [1.54, 1.807) is 31.2 Å². The lowest BCUT2D eigenvalue weighted by molar-refractivity contribution is -0.172. The summed E-state index contributed by atoms with van der Waals surface area (Å²) in [5.74, 6) is -2.58. The molecule has 2 aliphatic carbocycles. The number of carbonyl (C=O) groups is 2. The first-order valence-corrected chi connectivity index (χ1v) is 13.2. The van der Waals surface area contributed by atoms with Crippen molar-refractivity contribution in [3.05, 3.63) is 47.6 Å². The predicted molar refractivity (Wildman–Crippen MR) is 137 cm³/mol. The molecule has 0 saturated heterocycles. The van der Waals surface area contributed by atoms with E-state index in [1.165, 1.54) is 0 Å². The van der Waals surface area contributed by atoms with E-state index < -0.39 is 35.4 Å². The molecule has 9 atom stereocenters. The van der Waals surface area contributed by atoms with Crippen molar-refractivity contribution in [2.75, 3.05) is 6.61 Å². The summed E-state index contributed by atoms with van der Waals surface area (Å²) in [5.41, 5.74) is -0.309. The number of ether oxygens (including phenoxy) is 1. The quantitative estimate of drug-likeness (QED) is 0.334. The number of fused-ring (bicyclic) bond motifs is 3. The van der Waals surface area contributed by atoms with Crippen molar-refractivity contribution in [3.63, 3.8) is 0 Å². The zero-order valence-corrected chi connectivity index (χ0v) is 21.8. The van der Waals surface area contributed by atoms with Crippen molar-refractivity contribution in [1.82, 2.24) is 0 Å². The summed E-state index contributed by atoms with van der Waals surface area (Å²) in [6, 6.07) is 0. The van der Waals surface area contributed by atoms with E-state index in [9.17, 15) is 30.0 Å². The first-order chi connectivity index (χ1) is 17.0. The average Bonchev–Trinajstić information content (AvgIpc) is 2.83. The second-order valence-corrected chi connectivity index (χ2v) is 11.1. The molecule has 3 aliphatic rings. The third-order valence-corrected chi connectivity index (χ3v) is 8.60. The fraction of sp³-hybridized carbons (Fsp3) is 0.655. The lowest BCUT2D eigenvalue weighted by Gasteiger charge is -2.52. The number of hydrogen-bond donors (Lipinski definition) is 4. The highest BCUT2D eigenvalue weighted by molar-refractivity contribution is 5.87. The molecule has 4 N–H and O–H groups in total. The van der Waals surface area contributed by atoms with Crippen LogP contribution in [0.4, 0.5) is 0 Å². The van der Waals surface area contributed by atoms with Gasteiger partial charge in [-0.25, -0.2) is 4.79 Å². The molecule has 0 amide bonds. The number of esters is 1. The van der Waals surface area contributed by atoms with Gasteiger partial charge < -0.3 is 25.2 Å². The predicted octanol–water partition coefficient (Wildman–Crippen LogP) is 3.80. The van der Waals surface area contributed by atoms with Gasteiger partial charge in [0.25, 0.3) is 0 Å². The summed E-state index contributed by atoms with van der Waals surface area (Å²) in [7, 11) is 0. The van der Waals surface area contributed by atoms with Gasteiger partial charge in [0.1, 0.15) is 0 Å². The second kappa shape index (κ2) is 11.9. The highest BCUT2D eigenvalue weighted by Gasteiger charge is 2.56. The van der Waals surface area contributed by atoms with E-state index in [4.69, 9.17) is 4.74 Å². The monoisotopic (exact) mass is 502 g/mol. The van der Waals surface area contributed by atoms with Crippen LogP contribution in [0, 0.1) is 35.0 Å². The molecule has 7 heteroatoms. The van der Waals surface area contributed by atoms with E-state index in [0.29, 0.717) is 24.8 Å². The standard InChI is InChI=1S/C29H42O7/c1-17-9-5-8-12-23-20(16-30)15-22-24(14-13-18(2)26(22)32)29(23,4)28(35)36-19(3)10-6-7-11-21(25(17)31)27(33)34/h5,8-9,11-12,15,17-19,22-26,30-32H,6-7,10,13-14,16H2,1-4H3,(H,33,34)/b9-5?,12-8+,21-11+/t17-,18-,19+,22+,23-,24-,25+,26+,29-/m0/s1. The zero-order chi connectivity index (χ0) is 26.6. The topological polar surface area (TPSA) is 124 Å². The Bertz CT molecular complexity index is 932. The van der Waals surface area contributed by atoms with Crippen LogP contribution in [0.1, 0.15) is 59.8 Å². The maximum Gasteiger partial charge on any atom is 0.333 e. The molecule has 1 heterocycles. The Kier molecular flexibility index (Phi) is 9.36. The second-order valence-electron chi connectivity index (χ2n) is 11.1. The Morgan fingerprint density at radius 3 is 2.47 bits per heavy atom. The van der Waals surface area contributed by atoms with Gasteiger partial charge >= 0.3 is 11.9 Å². The Morgan fingerprint density at radius 1 is 1.11 bits per heavy atom. The average molecular weight is 503 g/mol. The molecule has 3 rings (SSSR count). The maximum absolute atomic E-state index is 13.8. The van der Waals surface area contributed by atoms with Crippen LogP contribution in [0.5, 0.6) is 0 Å². The molecule has 7 nitrogen and oxygen atoms in total. The SMILES string of the molecule is C[C@@H]1CCC/C=C(/C(=O)O)[C@H](O)[C@@H](C)C=C/C=C/[C@H]2C(CO)=C[C@H]3[C@H](O)[C@@H](C)CC[C@@H]3[C@@]2(C)C(=O)O1. The van der Waals surface area contributed by atoms with Crippen molar-refractivity contribution in [1.29, 1.82) is 0 Å². The molecule has 0 radical (unpaired) electrons. The first kappa shape index (κ1) is 28.4. The minimum atomic E-state index is -1.15. The molecular weight excluding hydrogens is 460 g/mol. The van der Waals surface area contributed by atoms with E-state index in [1.807, 2.05) is 32.9 Å². The van der Waals surface area contributed by atoms with Crippen LogP contribution in [0.2, 0.25) is 0 Å². The lowest BCUT2D eigenvalue weighted by Crippen LogP contribution is -2.54. The van der Waals surface area contributed by atoms with Crippen LogP contribution in [0.25, 0.3) is 0 Å². The molecule has 36 heavy (non-hydrogen) atoms. The number of carbonyl (C=O) groups excluding carboxylic acids is 1. The van der Waals surface area contributed by atoms with E-state index in [0.717, 1.165) is 12.8 Å². The van der Waals surface area contributed by atoms with Gasteiger partial charge in [-0.1, -0.05) is 50.3 Å². The van der Waals surface area contributed by atoms with Crippen molar-refractivity contribution >= 4 is 11.9 Å². The number of aliphatic hydroxyl groups excluding tert-OH is 3.